The number of hydrogen-bond donors (Lipinski definition) is 1. The van der Waals surface area contributed by atoms with E-state index in [4.69, 9.17) is 5.11 Å². The van der Waals surface area contributed by atoms with Gasteiger partial charge < -0.3 is 10.0 Å². The first-order chi connectivity index (χ1) is 8.99. The molecule has 2 aliphatic rings. The number of carboxylic acid groups (broad SMARTS) is 1. The number of rotatable bonds is 4. The molecule has 2 saturated heterocycles. The smallest absolute Gasteiger partial charge is 0.308 e. The quantitative estimate of drug-likeness (QED) is 0.832. The van der Waals surface area contributed by atoms with Gasteiger partial charge in [0.2, 0.25) is 5.91 Å². The van der Waals surface area contributed by atoms with Crippen molar-refractivity contribution < 1.29 is 14.7 Å². The van der Waals surface area contributed by atoms with Gasteiger partial charge in [-0.25, -0.2) is 0 Å². The molecule has 2 rings (SSSR count). The van der Waals surface area contributed by atoms with Gasteiger partial charge in [0.1, 0.15) is 0 Å². The number of hydrogen-bond acceptors (Lipinski definition) is 3. The van der Waals surface area contributed by atoms with Crippen molar-refractivity contribution in [3.05, 3.63) is 0 Å². The summed E-state index contributed by atoms with van der Waals surface area (Å²) in [5, 5.41) is 8.97. The Labute approximate surface area is 114 Å². The Morgan fingerprint density at radius 1 is 1.26 bits per heavy atom. The Morgan fingerprint density at radius 2 is 2.00 bits per heavy atom. The van der Waals surface area contributed by atoms with Crippen LogP contribution in [0.4, 0.5) is 0 Å². The van der Waals surface area contributed by atoms with E-state index in [0.717, 1.165) is 19.4 Å². The van der Waals surface area contributed by atoms with Crippen LogP contribution in [0.5, 0.6) is 0 Å². The summed E-state index contributed by atoms with van der Waals surface area (Å²) in [6, 6.07) is 0.821. The van der Waals surface area contributed by atoms with Gasteiger partial charge in [-0.05, 0) is 39.7 Å². The summed E-state index contributed by atoms with van der Waals surface area (Å²) < 4.78 is 0. The van der Waals surface area contributed by atoms with Crippen LogP contribution in [0, 0.1) is 5.92 Å². The number of amides is 1. The first-order valence-electron chi connectivity index (χ1n) is 7.25. The molecule has 0 aromatic carbocycles. The molecule has 2 aliphatic heterocycles. The molecule has 1 unspecified atom stereocenters. The van der Waals surface area contributed by atoms with E-state index in [1.807, 2.05) is 0 Å². The van der Waals surface area contributed by atoms with Crippen molar-refractivity contribution in [3.8, 4) is 0 Å². The highest BCUT2D eigenvalue weighted by atomic mass is 16.4. The molecule has 1 amide bonds. The van der Waals surface area contributed by atoms with Gasteiger partial charge in [0.05, 0.1) is 5.92 Å². The van der Waals surface area contributed by atoms with Crippen molar-refractivity contribution in [1.29, 1.82) is 0 Å². The van der Waals surface area contributed by atoms with E-state index in [0.29, 0.717) is 38.0 Å². The molecule has 2 heterocycles. The fourth-order valence-corrected chi connectivity index (χ4v) is 3.28. The number of carbonyl (C=O) groups excluding carboxylic acids is 1. The molecule has 19 heavy (non-hydrogen) atoms. The Hall–Kier alpha value is -1.10. The summed E-state index contributed by atoms with van der Waals surface area (Å²) in [5.41, 5.74) is 0. The van der Waals surface area contributed by atoms with Gasteiger partial charge in [-0.1, -0.05) is 0 Å². The van der Waals surface area contributed by atoms with Gasteiger partial charge in [0.25, 0.3) is 0 Å². The lowest BCUT2D eigenvalue weighted by Crippen LogP contribution is -2.40. The number of nitrogens with zero attached hydrogens (tertiary/aromatic N) is 2. The number of carbonyl (C=O) groups is 2. The van der Waals surface area contributed by atoms with Crippen LogP contribution in [-0.2, 0) is 9.59 Å². The maximum Gasteiger partial charge on any atom is 0.308 e. The zero-order valence-corrected chi connectivity index (χ0v) is 11.8. The average Bonchev–Trinajstić information content (AvgIpc) is 2.96. The second kappa shape index (κ2) is 5.90. The highest BCUT2D eigenvalue weighted by molar-refractivity contribution is 5.79. The molecule has 2 fully saturated rings. The van der Waals surface area contributed by atoms with Crippen LogP contribution < -0.4 is 0 Å². The van der Waals surface area contributed by atoms with Crippen LogP contribution in [-0.4, -0.2) is 58.5 Å². The van der Waals surface area contributed by atoms with Crippen LogP contribution in [0.15, 0.2) is 0 Å². The fourth-order valence-electron chi connectivity index (χ4n) is 3.28. The summed E-state index contributed by atoms with van der Waals surface area (Å²) in [5.74, 6) is -1.02. The first kappa shape index (κ1) is 14.3. The van der Waals surface area contributed by atoms with E-state index < -0.39 is 5.97 Å². The lowest BCUT2D eigenvalue weighted by molar-refractivity contribution is -0.141. The van der Waals surface area contributed by atoms with Crippen molar-refractivity contribution in [1.82, 2.24) is 9.80 Å². The van der Waals surface area contributed by atoms with E-state index in [1.165, 1.54) is 0 Å². The SMILES string of the molecule is CC(C)N1CCC[C@H]1CC(=O)N1CCC(C(=O)O)C1. The Bertz CT molecular complexity index is 357. The standard InChI is InChI=1S/C14H24N2O3/c1-10(2)16-6-3-4-12(16)8-13(17)15-7-5-11(9-15)14(18)19/h10-12H,3-9H2,1-2H3,(H,18,19)/t11?,12-/m0/s1. The van der Waals surface area contributed by atoms with E-state index in [-0.39, 0.29) is 11.8 Å². The Kier molecular flexibility index (Phi) is 4.45. The summed E-state index contributed by atoms with van der Waals surface area (Å²) in [4.78, 5) is 27.3. The highest BCUT2D eigenvalue weighted by Gasteiger charge is 2.34. The number of likely N-dealkylation sites (tertiary alicyclic amines) is 2. The zero-order chi connectivity index (χ0) is 14.0. The highest BCUT2D eigenvalue weighted by Crippen LogP contribution is 2.25. The predicted octanol–water partition coefficient (Wildman–Crippen LogP) is 1.18. The van der Waals surface area contributed by atoms with Gasteiger partial charge in [-0.3, -0.25) is 14.5 Å². The predicted molar refractivity (Wildman–Crippen MR) is 71.8 cm³/mol. The summed E-state index contributed by atoms with van der Waals surface area (Å²) in [6.07, 6.45) is 3.39. The largest absolute Gasteiger partial charge is 0.481 e. The van der Waals surface area contributed by atoms with Gasteiger partial charge in [-0.2, -0.15) is 0 Å². The third kappa shape index (κ3) is 3.26. The first-order valence-corrected chi connectivity index (χ1v) is 7.25. The Morgan fingerprint density at radius 3 is 2.58 bits per heavy atom. The minimum Gasteiger partial charge on any atom is -0.481 e. The molecule has 5 heteroatoms. The van der Waals surface area contributed by atoms with Crippen LogP contribution in [0.3, 0.4) is 0 Å². The molecule has 2 atom stereocenters. The van der Waals surface area contributed by atoms with Crippen LogP contribution in [0.2, 0.25) is 0 Å². The van der Waals surface area contributed by atoms with Crippen LogP contribution >= 0.6 is 0 Å². The fraction of sp³-hybridized carbons (Fsp3) is 0.857. The molecule has 0 spiro atoms. The van der Waals surface area contributed by atoms with Gasteiger partial charge in [-0.15, -0.1) is 0 Å². The number of aliphatic carboxylic acids is 1. The third-order valence-corrected chi connectivity index (χ3v) is 4.39. The molecule has 0 aliphatic carbocycles. The zero-order valence-electron chi connectivity index (χ0n) is 11.8. The summed E-state index contributed by atoms with van der Waals surface area (Å²) in [7, 11) is 0. The molecule has 0 aromatic heterocycles. The van der Waals surface area contributed by atoms with E-state index in [2.05, 4.69) is 18.7 Å². The van der Waals surface area contributed by atoms with E-state index >= 15 is 0 Å². The maximum atomic E-state index is 12.2. The minimum atomic E-state index is -0.778. The van der Waals surface area contributed by atoms with E-state index in [9.17, 15) is 9.59 Å². The second-order valence-electron chi connectivity index (χ2n) is 6.00. The van der Waals surface area contributed by atoms with Crippen molar-refractivity contribution >= 4 is 11.9 Å². The van der Waals surface area contributed by atoms with Crippen molar-refractivity contribution in [2.45, 2.75) is 51.6 Å². The molecule has 5 nitrogen and oxygen atoms in total. The van der Waals surface area contributed by atoms with Gasteiger partial charge >= 0.3 is 5.97 Å². The molecule has 0 radical (unpaired) electrons. The normalized spacial score (nSPS) is 28.3. The van der Waals surface area contributed by atoms with Gasteiger partial charge in [0.15, 0.2) is 0 Å². The van der Waals surface area contributed by atoms with Crippen molar-refractivity contribution in [2.24, 2.45) is 5.92 Å². The molecular weight excluding hydrogens is 244 g/mol. The monoisotopic (exact) mass is 268 g/mol. The second-order valence-corrected chi connectivity index (χ2v) is 6.00. The van der Waals surface area contributed by atoms with Gasteiger partial charge in [0, 0.05) is 31.6 Å². The van der Waals surface area contributed by atoms with Crippen LogP contribution in [0.1, 0.15) is 39.5 Å². The molecule has 0 aromatic rings. The summed E-state index contributed by atoms with van der Waals surface area (Å²) in [6.45, 7) is 6.40. The van der Waals surface area contributed by atoms with Crippen molar-refractivity contribution in [2.75, 3.05) is 19.6 Å². The topological polar surface area (TPSA) is 60.9 Å². The molecule has 108 valence electrons. The molecule has 1 N–H and O–H groups in total. The van der Waals surface area contributed by atoms with Crippen LogP contribution in [0.25, 0.3) is 0 Å². The minimum absolute atomic E-state index is 0.126. The van der Waals surface area contributed by atoms with E-state index in [1.54, 1.807) is 4.90 Å². The number of carboxylic acids is 1. The third-order valence-electron chi connectivity index (χ3n) is 4.39. The lowest BCUT2D eigenvalue weighted by Gasteiger charge is -2.29. The average molecular weight is 268 g/mol. The molecule has 0 saturated carbocycles. The van der Waals surface area contributed by atoms with Crippen molar-refractivity contribution in [3.63, 3.8) is 0 Å². The lowest BCUT2D eigenvalue weighted by atomic mass is 10.1. The Balaban J connectivity index is 1.86. The summed E-state index contributed by atoms with van der Waals surface area (Å²) >= 11 is 0. The molecule has 0 bridgehead atoms. The molecular formula is C14H24N2O3. The maximum absolute atomic E-state index is 12.2.